The van der Waals surface area contributed by atoms with E-state index >= 15 is 0 Å². The molecule has 0 saturated carbocycles. The highest BCUT2D eigenvalue weighted by Gasteiger charge is 2.28. The molecule has 0 aliphatic rings. The molecule has 1 aromatic rings. The second kappa shape index (κ2) is 6.23. The fourth-order valence-corrected chi connectivity index (χ4v) is 4.52. The first kappa shape index (κ1) is 16.5. The highest BCUT2D eigenvalue weighted by Crippen LogP contribution is 2.25. The molecule has 0 aliphatic heterocycles. The molecule has 5 nitrogen and oxygen atoms in total. The Balaban J connectivity index is 2.50. The van der Waals surface area contributed by atoms with Crippen LogP contribution in [0.5, 0.6) is 0 Å². The van der Waals surface area contributed by atoms with Gasteiger partial charge in [0.2, 0.25) is 0 Å². The number of thioether (sulfide) groups is 1. The van der Waals surface area contributed by atoms with Crippen molar-refractivity contribution in [3.05, 3.63) is 11.1 Å². The zero-order chi connectivity index (χ0) is 14.7. The number of sulfone groups is 1. The number of hydrogen-bond donors (Lipinski definition) is 1. The molecule has 0 aliphatic carbocycles. The molecule has 1 aromatic heterocycles. The maximum Gasteiger partial charge on any atom is 0.309 e. The molecular weight excluding hydrogens is 306 g/mol. The Bertz CT molecular complexity index is 543. The van der Waals surface area contributed by atoms with Gasteiger partial charge in [-0.15, -0.1) is 11.3 Å². The van der Waals surface area contributed by atoms with E-state index in [0.717, 1.165) is 0 Å². The van der Waals surface area contributed by atoms with E-state index in [0.29, 0.717) is 15.8 Å². The number of hydrogen-bond acceptors (Lipinski definition) is 6. The quantitative estimate of drug-likeness (QED) is 0.807. The third kappa shape index (κ3) is 5.12. The van der Waals surface area contributed by atoms with Crippen LogP contribution in [0, 0.1) is 0 Å². The largest absolute Gasteiger partial charge is 0.481 e. The van der Waals surface area contributed by atoms with Crippen LogP contribution in [0.1, 0.15) is 26.5 Å². The van der Waals surface area contributed by atoms with Gasteiger partial charge in [0.05, 0.1) is 22.6 Å². The maximum atomic E-state index is 11.9. The van der Waals surface area contributed by atoms with Crippen molar-refractivity contribution in [3.63, 3.8) is 0 Å². The Morgan fingerprint density at radius 2 is 2.11 bits per heavy atom. The zero-order valence-corrected chi connectivity index (χ0v) is 13.5. The summed E-state index contributed by atoms with van der Waals surface area (Å²) in [6.45, 7) is 5.05. The standard InChI is InChI=1S/C11H17NO4S3/c1-11(2,3)19(15,16)5-4-17-10-12-8(7-18-10)6-9(13)14/h7H,4-6H2,1-3H3,(H,13,14). The van der Waals surface area contributed by atoms with Crippen molar-refractivity contribution in [1.82, 2.24) is 4.98 Å². The lowest BCUT2D eigenvalue weighted by molar-refractivity contribution is -0.136. The first-order chi connectivity index (χ1) is 8.62. The Morgan fingerprint density at radius 3 is 2.63 bits per heavy atom. The average molecular weight is 323 g/mol. The SMILES string of the molecule is CC(C)(C)S(=O)(=O)CCSc1nc(CC(=O)O)cs1. The van der Waals surface area contributed by atoms with Crippen LogP contribution in [-0.2, 0) is 21.1 Å². The Morgan fingerprint density at radius 1 is 1.47 bits per heavy atom. The van der Waals surface area contributed by atoms with Crippen LogP contribution in [0.15, 0.2) is 9.72 Å². The van der Waals surface area contributed by atoms with Crippen molar-refractivity contribution in [2.75, 3.05) is 11.5 Å². The predicted molar refractivity (Wildman–Crippen MR) is 77.7 cm³/mol. The molecule has 1 N–H and O–H groups in total. The average Bonchev–Trinajstić information content (AvgIpc) is 2.62. The summed E-state index contributed by atoms with van der Waals surface area (Å²) in [6.07, 6.45) is -0.0999. The number of nitrogens with zero attached hydrogens (tertiary/aromatic N) is 1. The van der Waals surface area contributed by atoms with Gasteiger partial charge in [-0.05, 0) is 20.8 Å². The summed E-state index contributed by atoms with van der Waals surface area (Å²) in [4.78, 5) is 14.7. The van der Waals surface area contributed by atoms with Crippen molar-refractivity contribution >= 4 is 38.9 Å². The summed E-state index contributed by atoms with van der Waals surface area (Å²) in [6, 6.07) is 0. The van der Waals surface area contributed by atoms with E-state index in [2.05, 4.69) is 4.98 Å². The second-order valence-corrected chi connectivity index (χ2v) is 10.0. The van der Waals surface area contributed by atoms with Gasteiger partial charge >= 0.3 is 5.97 Å². The van der Waals surface area contributed by atoms with Gasteiger partial charge in [0.15, 0.2) is 9.84 Å². The minimum absolute atomic E-state index is 0.0923. The van der Waals surface area contributed by atoms with Gasteiger partial charge in [0, 0.05) is 11.1 Å². The van der Waals surface area contributed by atoms with E-state index in [1.807, 2.05) is 0 Å². The van der Waals surface area contributed by atoms with Crippen LogP contribution >= 0.6 is 23.1 Å². The molecule has 0 saturated heterocycles. The van der Waals surface area contributed by atoms with E-state index < -0.39 is 20.6 Å². The van der Waals surface area contributed by atoms with Crippen LogP contribution < -0.4 is 0 Å². The summed E-state index contributed by atoms with van der Waals surface area (Å²) in [7, 11) is -3.12. The molecule has 108 valence electrons. The van der Waals surface area contributed by atoms with Gasteiger partial charge in [0.25, 0.3) is 0 Å². The van der Waals surface area contributed by atoms with Crippen molar-refractivity contribution in [3.8, 4) is 0 Å². The molecule has 1 heterocycles. The molecule has 0 fully saturated rings. The summed E-state index contributed by atoms with van der Waals surface area (Å²) in [5.41, 5.74) is 0.513. The van der Waals surface area contributed by atoms with Gasteiger partial charge in [-0.1, -0.05) is 11.8 Å². The van der Waals surface area contributed by atoms with Crippen molar-refractivity contribution in [1.29, 1.82) is 0 Å². The van der Waals surface area contributed by atoms with Gasteiger partial charge in [-0.2, -0.15) is 0 Å². The van der Waals surface area contributed by atoms with Gasteiger partial charge in [0.1, 0.15) is 4.34 Å². The number of rotatable bonds is 6. The second-order valence-electron chi connectivity index (χ2n) is 4.95. The van der Waals surface area contributed by atoms with Crippen molar-refractivity contribution in [2.45, 2.75) is 36.3 Å². The van der Waals surface area contributed by atoms with Crippen LogP contribution in [0.4, 0.5) is 0 Å². The van der Waals surface area contributed by atoms with Crippen LogP contribution in [0.2, 0.25) is 0 Å². The number of carbonyl (C=O) groups is 1. The molecule has 0 amide bonds. The maximum absolute atomic E-state index is 11.9. The molecule has 0 atom stereocenters. The van der Waals surface area contributed by atoms with E-state index in [4.69, 9.17) is 5.11 Å². The topological polar surface area (TPSA) is 84.3 Å². The predicted octanol–water partition coefficient (Wildman–Crippen LogP) is 2.08. The lowest BCUT2D eigenvalue weighted by Crippen LogP contribution is -2.31. The number of carboxylic acids is 1. The third-order valence-electron chi connectivity index (χ3n) is 2.37. The third-order valence-corrected chi connectivity index (χ3v) is 7.31. The summed E-state index contributed by atoms with van der Waals surface area (Å²) >= 11 is 2.69. The summed E-state index contributed by atoms with van der Waals surface area (Å²) in [5, 5.41) is 10.3. The molecule has 0 spiro atoms. The zero-order valence-electron chi connectivity index (χ0n) is 11.0. The highest BCUT2D eigenvalue weighted by atomic mass is 32.2. The first-order valence-electron chi connectivity index (χ1n) is 5.63. The smallest absolute Gasteiger partial charge is 0.309 e. The van der Waals surface area contributed by atoms with E-state index in [-0.39, 0.29) is 12.2 Å². The van der Waals surface area contributed by atoms with Crippen LogP contribution in [0.25, 0.3) is 0 Å². The van der Waals surface area contributed by atoms with Gasteiger partial charge < -0.3 is 5.11 Å². The Labute approximate surface area is 121 Å². The lowest BCUT2D eigenvalue weighted by Gasteiger charge is -2.18. The number of aromatic nitrogens is 1. The Hall–Kier alpha value is -0.600. The van der Waals surface area contributed by atoms with Crippen molar-refractivity contribution < 1.29 is 18.3 Å². The summed E-state index contributed by atoms with van der Waals surface area (Å²) in [5.74, 6) is -0.397. The molecule has 0 unspecified atom stereocenters. The molecular formula is C11H17NO4S3. The fourth-order valence-electron chi connectivity index (χ4n) is 1.14. The molecule has 0 aromatic carbocycles. The number of thiazole rings is 1. The van der Waals surface area contributed by atoms with Crippen LogP contribution in [-0.4, -0.2) is 40.7 Å². The Kier molecular flexibility index (Phi) is 5.40. The van der Waals surface area contributed by atoms with Gasteiger partial charge in [-0.3, -0.25) is 4.79 Å². The van der Waals surface area contributed by atoms with Gasteiger partial charge in [-0.25, -0.2) is 13.4 Å². The molecule has 8 heteroatoms. The minimum atomic E-state index is -3.12. The van der Waals surface area contributed by atoms with E-state index in [1.54, 1.807) is 26.2 Å². The number of carboxylic acid groups (broad SMARTS) is 1. The molecule has 0 radical (unpaired) electrons. The molecule has 1 rings (SSSR count). The highest BCUT2D eigenvalue weighted by molar-refractivity contribution is 8.02. The van der Waals surface area contributed by atoms with Crippen LogP contribution in [0.3, 0.4) is 0 Å². The fraction of sp³-hybridized carbons (Fsp3) is 0.636. The lowest BCUT2D eigenvalue weighted by atomic mass is 10.3. The van der Waals surface area contributed by atoms with E-state index in [9.17, 15) is 13.2 Å². The monoisotopic (exact) mass is 323 g/mol. The minimum Gasteiger partial charge on any atom is -0.481 e. The molecule has 19 heavy (non-hydrogen) atoms. The van der Waals surface area contributed by atoms with E-state index in [1.165, 1.54) is 23.1 Å². The van der Waals surface area contributed by atoms with Crippen molar-refractivity contribution in [2.24, 2.45) is 0 Å². The summed E-state index contributed by atoms with van der Waals surface area (Å²) < 4.78 is 23.7. The first-order valence-corrected chi connectivity index (χ1v) is 9.15. The molecule has 0 bridgehead atoms. The number of aliphatic carboxylic acids is 1. The normalized spacial score (nSPS) is 12.6.